The summed E-state index contributed by atoms with van der Waals surface area (Å²) in [4.78, 5) is 51.3. The summed E-state index contributed by atoms with van der Waals surface area (Å²) in [5, 5.41) is 0. The molecule has 13 heteroatoms. The largest absolute Gasteiger partial charge is 4.00 e. The zero-order valence-corrected chi connectivity index (χ0v) is 10.5. The Morgan fingerprint density at radius 3 is 0.615 bits per heavy atom. The van der Waals surface area contributed by atoms with Crippen LogP contribution in [0.2, 0.25) is 0 Å². The third-order valence-corrected chi connectivity index (χ3v) is 0. The quantitative estimate of drug-likeness (QED) is 0.309. The van der Waals surface area contributed by atoms with Gasteiger partial charge in [0.25, 0.3) is 0 Å². The molecule has 0 aromatic carbocycles. The van der Waals surface area contributed by atoms with E-state index in [0.29, 0.717) is 0 Å². The maximum atomic E-state index is 8.55. The van der Waals surface area contributed by atoms with Gasteiger partial charge in [-0.2, -0.15) is 15.6 Å². The average molecular weight is 276 g/mol. The van der Waals surface area contributed by atoms with Crippen LogP contribution < -0.4 is 67.1 Å². The fourth-order valence-electron chi connectivity index (χ4n) is 0. The summed E-state index contributed by atoms with van der Waals surface area (Å²) in [5.74, 6) is 0. The monoisotopic (exact) mass is 278 g/mol. The number of rotatable bonds is 0. The van der Waals surface area contributed by atoms with Crippen molar-refractivity contribution < 1.29 is 76.2 Å². The Hall–Kier alpha value is 1.96. The third kappa shape index (κ3) is 521. The molecule has 0 aliphatic heterocycles. The van der Waals surface area contributed by atoms with Crippen molar-refractivity contribution in [3.05, 3.63) is 0 Å². The van der Waals surface area contributed by atoms with Gasteiger partial charge in [0.1, 0.15) is 0 Å². The standard InChI is InChI=1S/Ge.2Li.2H3O4P/c;;;2*1-5(2,3)4/h;;;2*(H3,1,2,3,4)/q+4;2*+1;;/p-6. The van der Waals surface area contributed by atoms with E-state index >= 15 is 0 Å². The second kappa shape index (κ2) is 12.0. The van der Waals surface area contributed by atoms with Crippen molar-refractivity contribution in [3.8, 4) is 0 Å². The van der Waals surface area contributed by atoms with Crippen LogP contribution in [0.5, 0.6) is 0 Å². The minimum atomic E-state index is -5.39. The van der Waals surface area contributed by atoms with Gasteiger partial charge in [0.2, 0.25) is 0 Å². The van der Waals surface area contributed by atoms with Crippen molar-refractivity contribution in [2.24, 2.45) is 0 Å². The van der Waals surface area contributed by atoms with Gasteiger partial charge in [0.15, 0.2) is 0 Å². The maximum Gasteiger partial charge on any atom is 4.00 e. The Bertz CT molecular complexity index is 132. The van der Waals surface area contributed by atoms with Gasteiger partial charge in [-0.15, -0.1) is 0 Å². The van der Waals surface area contributed by atoms with Crippen LogP contribution in [0.1, 0.15) is 0 Å². The summed E-state index contributed by atoms with van der Waals surface area (Å²) >= 11 is 0. The van der Waals surface area contributed by atoms with Crippen molar-refractivity contribution in [2.75, 3.05) is 0 Å². The molecule has 13 heavy (non-hydrogen) atoms. The smallest absolute Gasteiger partial charge is 0.822 e. The molecule has 0 bridgehead atoms. The summed E-state index contributed by atoms with van der Waals surface area (Å²) in [6.45, 7) is 0. The second-order valence-electron chi connectivity index (χ2n) is 0.894. The first kappa shape index (κ1) is 29.4. The molecule has 0 aromatic rings. The molecular weight excluding hydrogens is 276 g/mol. The summed E-state index contributed by atoms with van der Waals surface area (Å²) < 4.78 is 17.1. The Morgan fingerprint density at radius 2 is 0.615 bits per heavy atom. The predicted octanol–water partition coefficient (Wildman–Crippen LogP) is -12.0. The summed E-state index contributed by atoms with van der Waals surface area (Å²) in [6.07, 6.45) is 0. The van der Waals surface area contributed by atoms with Crippen LogP contribution in [-0.4, -0.2) is 17.6 Å². The molecule has 0 atom stereocenters. The molecule has 0 saturated carbocycles. The molecular formula is GeLi2O8P2. The van der Waals surface area contributed by atoms with Crippen molar-refractivity contribution >= 4 is 33.2 Å². The van der Waals surface area contributed by atoms with Gasteiger partial charge in [-0.25, -0.2) is 0 Å². The molecule has 0 fully saturated rings. The van der Waals surface area contributed by atoms with E-state index < -0.39 is 15.6 Å². The van der Waals surface area contributed by atoms with Crippen LogP contribution >= 0.6 is 15.6 Å². The van der Waals surface area contributed by atoms with Gasteiger partial charge in [0, 0.05) is 0 Å². The zero-order valence-electron chi connectivity index (χ0n) is 6.66. The minimum Gasteiger partial charge on any atom is -0.822 e. The first-order valence-corrected chi connectivity index (χ1v) is 4.38. The van der Waals surface area contributed by atoms with Crippen LogP contribution in [-0.2, 0) is 9.13 Å². The van der Waals surface area contributed by atoms with Gasteiger partial charge in [-0.1, -0.05) is 0 Å². The van der Waals surface area contributed by atoms with E-state index in [1.54, 1.807) is 0 Å². The fraction of sp³-hybridized carbons (Fsp3) is 0. The molecule has 0 saturated heterocycles. The van der Waals surface area contributed by atoms with Gasteiger partial charge in [-0.3, -0.25) is 0 Å². The van der Waals surface area contributed by atoms with E-state index in [9.17, 15) is 0 Å². The SMILES string of the molecule is O=P([O-])([O-])[O-].O=P([O-])([O-])[O-].[Ge+4].[Li+].[Li+]. The van der Waals surface area contributed by atoms with Gasteiger partial charge in [-0.05, 0) is 0 Å². The van der Waals surface area contributed by atoms with Crippen LogP contribution in [0.15, 0.2) is 0 Å². The molecule has 0 aliphatic carbocycles. The van der Waals surface area contributed by atoms with Crippen LogP contribution in [0.3, 0.4) is 0 Å². The van der Waals surface area contributed by atoms with E-state index in [1.165, 1.54) is 0 Å². The van der Waals surface area contributed by atoms with Crippen molar-refractivity contribution in [3.63, 3.8) is 0 Å². The molecule has 0 spiro atoms. The zero-order chi connectivity index (χ0) is 9.00. The third-order valence-electron chi connectivity index (χ3n) is 0. The van der Waals surface area contributed by atoms with E-state index in [2.05, 4.69) is 0 Å². The van der Waals surface area contributed by atoms with Crippen LogP contribution in [0.4, 0.5) is 0 Å². The van der Waals surface area contributed by atoms with E-state index in [4.69, 9.17) is 38.5 Å². The average Bonchev–Trinajstić information content (AvgIpc) is 1.12. The summed E-state index contributed by atoms with van der Waals surface area (Å²) in [7, 11) is -10.8. The van der Waals surface area contributed by atoms with Crippen LogP contribution in [0.25, 0.3) is 0 Å². The topological polar surface area (TPSA) is 172 Å². The maximum absolute atomic E-state index is 8.55. The number of hydrogen-bond donors (Lipinski definition) is 0. The molecule has 0 aliphatic rings. The summed E-state index contributed by atoms with van der Waals surface area (Å²) in [5.41, 5.74) is 0. The van der Waals surface area contributed by atoms with Gasteiger partial charge >= 0.3 is 55.3 Å². The first-order chi connectivity index (χ1) is 4.00. The molecule has 0 N–H and O–H groups in total. The fourth-order valence-corrected chi connectivity index (χ4v) is 0. The number of phosphoric acid groups is 2. The van der Waals surface area contributed by atoms with E-state index in [-0.39, 0.29) is 55.3 Å². The normalized spacial score (nSPS) is 9.08. The summed E-state index contributed by atoms with van der Waals surface area (Å²) in [6, 6.07) is 0. The van der Waals surface area contributed by atoms with Crippen LogP contribution in [0, 0.1) is 0 Å². The van der Waals surface area contributed by atoms with Crippen molar-refractivity contribution in [1.29, 1.82) is 0 Å². The van der Waals surface area contributed by atoms with Gasteiger partial charge in [0.05, 0.1) is 0 Å². The molecule has 0 heterocycles. The van der Waals surface area contributed by atoms with Gasteiger partial charge < -0.3 is 38.5 Å². The Balaban J connectivity index is -0.0000000267. The second-order valence-corrected chi connectivity index (χ2v) is 2.68. The molecule has 0 radical (unpaired) electrons. The van der Waals surface area contributed by atoms with Crippen molar-refractivity contribution in [1.82, 2.24) is 0 Å². The Labute approximate surface area is 109 Å². The van der Waals surface area contributed by atoms with E-state index in [1.807, 2.05) is 0 Å². The first-order valence-electron chi connectivity index (χ1n) is 1.46. The Morgan fingerprint density at radius 1 is 0.615 bits per heavy atom. The molecule has 0 amide bonds. The minimum absolute atomic E-state index is 0. The molecule has 8 nitrogen and oxygen atoms in total. The number of hydrogen-bond acceptors (Lipinski definition) is 8. The van der Waals surface area contributed by atoms with Crippen molar-refractivity contribution in [2.45, 2.75) is 0 Å². The van der Waals surface area contributed by atoms with E-state index in [0.717, 1.165) is 0 Å². The molecule has 64 valence electrons. The molecule has 0 aromatic heterocycles. The predicted molar refractivity (Wildman–Crippen MR) is 21.0 cm³/mol. The molecule has 0 rings (SSSR count). The Kier molecular flexibility index (Phi) is 27.2. The molecule has 0 unspecified atom stereocenters.